The van der Waals surface area contributed by atoms with Gasteiger partial charge < -0.3 is 19.9 Å². The van der Waals surface area contributed by atoms with E-state index in [-0.39, 0.29) is 17.1 Å². The number of anilines is 1. The second-order valence-electron chi connectivity index (χ2n) is 4.71. The molecule has 0 radical (unpaired) electrons. The topological polar surface area (TPSA) is 84.9 Å². The lowest BCUT2D eigenvalue weighted by atomic mass is 10.2. The third kappa shape index (κ3) is 4.42. The fourth-order valence-electron chi connectivity index (χ4n) is 1.93. The molecule has 0 aromatic heterocycles. The Bertz CT molecular complexity index is 730. The van der Waals surface area contributed by atoms with Crippen LogP contribution >= 0.6 is 11.8 Å². The molecule has 2 rings (SSSR count). The van der Waals surface area contributed by atoms with E-state index in [1.807, 2.05) is 18.4 Å². The van der Waals surface area contributed by atoms with Crippen LogP contribution in [0.1, 0.15) is 10.4 Å². The van der Waals surface area contributed by atoms with Crippen molar-refractivity contribution in [1.82, 2.24) is 0 Å². The third-order valence-electron chi connectivity index (χ3n) is 3.15. The summed E-state index contributed by atoms with van der Waals surface area (Å²) in [6.45, 7) is -0.459. The number of carbonyl (C=O) groups excluding carboxylic acids is 2. The van der Waals surface area contributed by atoms with Crippen LogP contribution in [0.15, 0.2) is 47.4 Å². The molecular weight excluding hydrogens is 330 g/mol. The SMILES string of the molecule is COc1cccc(C(=O)OCC(=O)Nc2ccc(SC)cc2)c1O. The highest BCUT2D eigenvalue weighted by atomic mass is 32.2. The van der Waals surface area contributed by atoms with Gasteiger partial charge in [0.05, 0.1) is 7.11 Å². The monoisotopic (exact) mass is 347 g/mol. The maximum atomic E-state index is 12.0. The molecule has 0 bridgehead atoms. The lowest BCUT2D eigenvalue weighted by Crippen LogP contribution is -2.21. The van der Waals surface area contributed by atoms with Crippen LogP contribution in [0.25, 0.3) is 0 Å². The van der Waals surface area contributed by atoms with Gasteiger partial charge in [-0.25, -0.2) is 4.79 Å². The molecule has 2 aromatic carbocycles. The summed E-state index contributed by atoms with van der Waals surface area (Å²) in [5.74, 6) is -1.44. The second kappa shape index (κ2) is 8.26. The number of para-hydroxylation sites is 1. The van der Waals surface area contributed by atoms with Gasteiger partial charge in [-0.1, -0.05) is 6.07 Å². The zero-order valence-electron chi connectivity index (χ0n) is 13.2. The molecule has 2 aromatic rings. The number of rotatable bonds is 6. The summed E-state index contributed by atoms with van der Waals surface area (Å²) in [7, 11) is 1.37. The fraction of sp³-hybridized carbons (Fsp3) is 0.176. The Morgan fingerprint density at radius 2 is 1.88 bits per heavy atom. The Labute approximate surface area is 143 Å². The number of nitrogens with one attached hydrogen (secondary N) is 1. The predicted octanol–water partition coefficient (Wildman–Crippen LogP) is 2.92. The van der Waals surface area contributed by atoms with E-state index in [0.29, 0.717) is 5.69 Å². The number of aromatic hydroxyl groups is 1. The molecule has 1 amide bonds. The van der Waals surface area contributed by atoms with Crippen LogP contribution in [0.2, 0.25) is 0 Å². The molecule has 0 heterocycles. The minimum atomic E-state index is -0.806. The number of thioether (sulfide) groups is 1. The first kappa shape index (κ1) is 17.7. The highest BCUT2D eigenvalue weighted by Crippen LogP contribution is 2.29. The molecule has 0 aliphatic carbocycles. The van der Waals surface area contributed by atoms with E-state index in [1.54, 1.807) is 30.0 Å². The van der Waals surface area contributed by atoms with E-state index < -0.39 is 18.5 Å². The van der Waals surface area contributed by atoms with Crippen LogP contribution in [-0.2, 0) is 9.53 Å². The Hall–Kier alpha value is -2.67. The van der Waals surface area contributed by atoms with E-state index in [4.69, 9.17) is 9.47 Å². The van der Waals surface area contributed by atoms with Crippen LogP contribution in [0.3, 0.4) is 0 Å². The number of benzene rings is 2. The van der Waals surface area contributed by atoms with Crippen molar-refractivity contribution in [1.29, 1.82) is 0 Å². The predicted molar refractivity (Wildman–Crippen MR) is 91.8 cm³/mol. The van der Waals surface area contributed by atoms with Crippen LogP contribution in [0, 0.1) is 0 Å². The third-order valence-corrected chi connectivity index (χ3v) is 3.89. The van der Waals surface area contributed by atoms with E-state index in [2.05, 4.69) is 5.32 Å². The summed E-state index contributed by atoms with van der Waals surface area (Å²) < 4.78 is 9.84. The molecule has 0 saturated carbocycles. The van der Waals surface area contributed by atoms with Gasteiger partial charge in [-0.3, -0.25) is 4.79 Å². The fourth-order valence-corrected chi connectivity index (χ4v) is 2.34. The smallest absolute Gasteiger partial charge is 0.342 e. The number of ether oxygens (including phenoxy) is 2. The van der Waals surface area contributed by atoms with Gasteiger partial charge in [-0.05, 0) is 42.7 Å². The molecule has 7 heteroatoms. The molecule has 0 fully saturated rings. The number of carbonyl (C=O) groups is 2. The normalized spacial score (nSPS) is 10.1. The van der Waals surface area contributed by atoms with Gasteiger partial charge >= 0.3 is 5.97 Å². The van der Waals surface area contributed by atoms with Gasteiger partial charge in [0.1, 0.15) is 5.56 Å². The minimum absolute atomic E-state index is 0.0635. The number of phenolic OH excluding ortho intramolecular Hbond substituents is 1. The van der Waals surface area contributed by atoms with E-state index >= 15 is 0 Å². The number of amides is 1. The molecule has 2 N–H and O–H groups in total. The van der Waals surface area contributed by atoms with Crippen molar-refractivity contribution >= 4 is 29.3 Å². The van der Waals surface area contributed by atoms with Gasteiger partial charge in [0, 0.05) is 10.6 Å². The summed E-state index contributed by atoms with van der Waals surface area (Å²) in [6.07, 6.45) is 1.96. The number of esters is 1. The Balaban J connectivity index is 1.92. The van der Waals surface area contributed by atoms with Crippen LogP contribution in [0.5, 0.6) is 11.5 Å². The zero-order chi connectivity index (χ0) is 17.5. The Morgan fingerprint density at radius 1 is 1.17 bits per heavy atom. The molecule has 0 unspecified atom stereocenters. The summed E-state index contributed by atoms with van der Waals surface area (Å²) in [5, 5.41) is 12.5. The van der Waals surface area contributed by atoms with Gasteiger partial charge in [0.25, 0.3) is 5.91 Å². The van der Waals surface area contributed by atoms with Gasteiger partial charge in [0.2, 0.25) is 0 Å². The standard InChI is InChI=1S/C17H17NO5S/c1-22-14-5-3-4-13(16(14)20)17(21)23-10-15(19)18-11-6-8-12(24-2)9-7-11/h3-9,20H,10H2,1-2H3,(H,18,19). The van der Waals surface area contributed by atoms with Gasteiger partial charge in [0.15, 0.2) is 18.1 Å². The summed E-state index contributed by atoms with van der Waals surface area (Å²) in [6, 6.07) is 11.7. The number of hydrogen-bond donors (Lipinski definition) is 2. The first-order chi connectivity index (χ1) is 11.5. The average molecular weight is 347 g/mol. The van der Waals surface area contributed by atoms with Crippen LogP contribution < -0.4 is 10.1 Å². The highest BCUT2D eigenvalue weighted by molar-refractivity contribution is 7.98. The van der Waals surface area contributed by atoms with Gasteiger partial charge in [-0.2, -0.15) is 0 Å². The molecule has 6 nitrogen and oxygen atoms in total. The Kier molecular flexibility index (Phi) is 6.08. The van der Waals surface area contributed by atoms with E-state index in [1.165, 1.54) is 19.2 Å². The second-order valence-corrected chi connectivity index (χ2v) is 5.59. The quantitative estimate of drug-likeness (QED) is 0.617. The van der Waals surface area contributed by atoms with Crippen molar-refractivity contribution < 1.29 is 24.2 Å². The first-order valence-electron chi connectivity index (χ1n) is 7.02. The number of phenols is 1. The number of methoxy groups -OCH3 is 1. The molecule has 24 heavy (non-hydrogen) atoms. The first-order valence-corrected chi connectivity index (χ1v) is 8.24. The number of hydrogen-bond acceptors (Lipinski definition) is 6. The zero-order valence-corrected chi connectivity index (χ0v) is 14.1. The molecule has 0 spiro atoms. The largest absolute Gasteiger partial charge is 0.504 e. The summed E-state index contributed by atoms with van der Waals surface area (Å²) >= 11 is 1.60. The van der Waals surface area contributed by atoms with Crippen molar-refractivity contribution in [2.45, 2.75) is 4.90 Å². The van der Waals surface area contributed by atoms with Crippen molar-refractivity contribution in [3.05, 3.63) is 48.0 Å². The van der Waals surface area contributed by atoms with E-state index in [0.717, 1.165) is 4.90 Å². The lowest BCUT2D eigenvalue weighted by Gasteiger charge is -2.09. The van der Waals surface area contributed by atoms with Crippen LogP contribution in [0.4, 0.5) is 5.69 Å². The van der Waals surface area contributed by atoms with Crippen molar-refractivity contribution in [2.24, 2.45) is 0 Å². The molecule has 0 aliphatic heterocycles. The molecule has 0 aliphatic rings. The maximum Gasteiger partial charge on any atom is 0.342 e. The van der Waals surface area contributed by atoms with Gasteiger partial charge in [-0.15, -0.1) is 11.8 Å². The molecule has 0 atom stereocenters. The maximum absolute atomic E-state index is 12.0. The lowest BCUT2D eigenvalue weighted by molar-refractivity contribution is -0.119. The van der Waals surface area contributed by atoms with Crippen molar-refractivity contribution in [3.8, 4) is 11.5 Å². The molecular formula is C17H17NO5S. The van der Waals surface area contributed by atoms with Crippen molar-refractivity contribution in [2.75, 3.05) is 25.3 Å². The average Bonchev–Trinajstić information content (AvgIpc) is 2.60. The highest BCUT2D eigenvalue weighted by Gasteiger charge is 2.17. The van der Waals surface area contributed by atoms with E-state index in [9.17, 15) is 14.7 Å². The van der Waals surface area contributed by atoms with Crippen LogP contribution in [-0.4, -0.2) is 37.0 Å². The summed E-state index contributed by atoms with van der Waals surface area (Å²) in [4.78, 5) is 24.9. The van der Waals surface area contributed by atoms with Crippen molar-refractivity contribution in [3.63, 3.8) is 0 Å². The minimum Gasteiger partial charge on any atom is -0.504 e. The summed E-state index contributed by atoms with van der Waals surface area (Å²) in [5.41, 5.74) is 0.546. The molecule has 0 saturated heterocycles. The Morgan fingerprint density at radius 3 is 2.50 bits per heavy atom. The molecule has 126 valence electrons.